The molecule has 12 heavy (non-hydrogen) atoms. The van der Waals surface area contributed by atoms with Gasteiger partial charge in [-0.05, 0) is 6.08 Å². The van der Waals surface area contributed by atoms with E-state index in [1.807, 2.05) is 0 Å². The quantitative estimate of drug-likeness (QED) is 0.561. The van der Waals surface area contributed by atoms with Gasteiger partial charge in [0.1, 0.15) is 12.2 Å². The molecular weight excluding hydrogens is 156 g/mol. The van der Waals surface area contributed by atoms with E-state index in [2.05, 4.69) is 9.97 Å². The molecule has 1 aromatic heterocycles. The largest absolute Gasteiger partial charge is 0.386 e. The molecule has 0 bridgehead atoms. The molecule has 0 radical (unpaired) electrons. The molecule has 0 unspecified atom stereocenters. The first kappa shape index (κ1) is 7.39. The second kappa shape index (κ2) is 2.66. The van der Waals surface area contributed by atoms with E-state index in [1.165, 1.54) is 12.3 Å². The van der Waals surface area contributed by atoms with Crippen LogP contribution in [-0.4, -0.2) is 26.3 Å². The van der Waals surface area contributed by atoms with Crippen molar-refractivity contribution in [2.75, 3.05) is 0 Å². The number of fused-ring (bicyclic) bond motifs is 1. The minimum Gasteiger partial charge on any atom is -0.386 e. The van der Waals surface area contributed by atoms with E-state index >= 15 is 0 Å². The van der Waals surface area contributed by atoms with Gasteiger partial charge in [0.25, 0.3) is 0 Å². The van der Waals surface area contributed by atoms with Gasteiger partial charge in [-0.2, -0.15) is 0 Å². The second-order valence-electron chi connectivity index (χ2n) is 2.62. The summed E-state index contributed by atoms with van der Waals surface area (Å²) in [6.45, 7) is 0. The fraction of sp³-hybridized carbons (Fsp3) is 0.250. The van der Waals surface area contributed by atoms with Crippen molar-refractivity contribution in [3.63, 3.8) is 0 Å². The third-order valence-electron chi connectivity index (χ3n) is 1.81. The van der Waals surface area contributed by atoms with Crippen molar-refractivity contribution in [3.05, 3.63) is 29.9 Å². The average Bonchev–Trinajstić information content (AvgIpc) is 2.12. The van der Waals surface area contributed by atoms with Gasteiger partial charge in [-0.25, -0.2) is 0 Å². The van der Waals surface area contributed by atoms with Gasteiger partial charge in [-0.3, -0.25) is 9.97 Å². The molecule has 2 rings (SSSR count). The van der Waals surface area contributed by atoms with Crippen LogP contribution in [0.1, 0.15) is 17.5 Å². The highest BCUT2D eigenvalue weighted by atomic mass is 16.3. The summed E-state index contributed by atoms with van der Waals surface area (Å²) in [5.74, 6) is 0. The predicted octanol–water partition coefficient (Wildman–Crippen LogP) is -0.102. The second-order valence-corrected chi connectivity index (χ2v) is 2.62. The molecule has 1 aliphatic carbocycles. The predicted molar refractivity (Wildman–Crippen MR) is 42.0 cm³/mol. The number of aliphatic hydroxyl groups is 2. The fourth-order valence-electron chi connectivity index (χ4n) is 1.17. The first-order valence-electron chi connectivity index (χ1n) is 3.64. The lowest BCUT2D eigenvalue weighted by molar-refractivity contribution is 0.0437. The molecule has 0 amide bonds. The maximum atomic E-state index is 9.43. The first-order chi connectivity index (χ1) is 5.79. The number of nitrogens with zero attached hydrogens (tertiary/aromatic N) is 2. The lowest BCUT2D eigenvalue weighted by Gasteiger charge is -2.18. The van der Waals surface area contributed by atoms with E-state index in [9.17, 15) is 10.2 Å². The van der Waals surface area contributed by atoms with Crippen LogP contribution < -0.4 is 0 Å². The van der Waals surface area contributed by atoms with Gasteiger partial charge in [0.05, 0.1) is 11.4 Å². The third kappa shape index (κ3) is 1.01. The monoisotopic (exact) mass is 164 g/mol. The van der Waals surface area contributed by atoms with Gasteiger partial charge in [0.2, 0.25) is 0 Å². The van der Waals surface area contributed by atoms with Crippen LogP contribution in [0.5, 0.6) is 0 Å². The van der Waals surface area contributed by atoms with Crippen molar-refractivity contribution >= 4 is 6.08 Å². The van der Waals surface area contributed by atoms with Crippen molar-refractivity contribution in [3.8, 4) is 0 Å². The highest BCUT2D eigenvalue weighted by Crippen LogP contribution is 2.23. The topological polar surface area (TPSA) is 66.2 Å². The van der Waals surface area contributed by atoms with Gasteiger partial charge in [0.15, 0.2) is 0 Å². The molecule has 4 nitrogen and oxygen atoms in total. The molecule has 1 aliphatic rings. The molecule has 4 heteroatoms. The summed E-state index contributed by atoms with van der Waals surface area (Å²) >= 11 is 0. The van der Waals surface area contributed by atoms with E-state index < -0.39 is 12.2 Å². The lowest BCUT2D eigenvalue weighted by atomic mass is 10.0. The minimum absolute atomic E-state index is 0.438. The highest BCUT2D eigenvalue weighted by Gasteiger charge is 2.23. The molecular formula is C8H8N2O2. The summed E-state index contributed by atoms with van der Waals surface area (Å²) in [4.78, 5) is 7.91. The SMILES string of the molecule is O[C@@H]1c2nccnc2C=C[C@@H]1O. The Morgan fingerprint density at radius 3 is 2.75 bits per heavy atom. The molecule has 62 valence electrons. The summed E-state index contributed by atoms with van der Waals surface area (Å²) < 4.78 is 0. The number of aliphatic hydroxyl groups excluding tert-OH is 2. The van der Waals surface area contributed by atoms with Crippen LogP contribution >= 0.6 is 0 Å². The summed E-state index contributed by atoms with van der Waals surface area (Å²) in [5.41, 5.74) is 1.06. The molecule has 2 N–H and O–H groups in total. The zero-order valence-electron chi connectivity index (χ0n) is 6.25. The number of hydrogen-bond acceptors (Lipinski definition) is 4. The van der Waals surface area contributed by atoms with Crippen molar-refractivity contribution in [2.45, 2.75) is 12.2 Å². The minimum atomic E-state index is -0.946. The van der Waals surface area contributed by atoms with Crippen molar-refractivity contribution in [1.82, 2.24) is 9.97 Å². The summed E-state index contributed by atoms with van der Waals surface area (Å²) in [6, 6.07) is 0. The van der Waals surface area contributed by atoms with Gasteiger partial charge < -0.3 is 10.2 Å². The van der Waals surface area contributed by atoms with Gasteiger partial charge in [0, 0.05) is 12.4 Å². The molecule has 0 aliphatic heterocycles. The lowest BCUT2D eigenvalue weighted by Crippen LogP contribution is -2.21. The molecule has 0 fully saturated rings. The van der Waals surface area contributed by atoms with E-state index in [0.717, 1.165) is 0 Å². The van der Waals surface area contributed by atoms with Crippen LogP contribution in [-0.2, 0) is 0 Å². The van der Waals surface area contributed by atoms with Crippen molar-refractivity contribution < 1.29 is 10.2 Å². The Hall–Kier alpha value is -1.26. The standard InChI is InChI=1S/C8H8N2O2/c11-6-2-1-5-7(8(6)12)10-4-3-9-5/h1-4,6,8,11-12H/t6-,8-/m0/s1. The maximum Gasteiger partial charge on any atom is 0.127 e. The Morgan fingerprint density at radius 1 is 1.17 bits per heavy atom. The maximum absolute atomic E-state index is 9.43. The molecule has 2 atom stereocenters. The van der Waals surface area contributed by atoms with Crippen LogP contribution in [0.25, 0.3) is 6.08 Å². The van der Waals surface area contributed by atoms with E-state index in [1.54, 1.807) is 12.3 Å². The normalized spacial score (nSPS) is 26.8. The first-order valence-corrected chi connectivity index (χ1v) is 3.64. The summed E-state index contributed by atoms with van der Waals surface area (Å²) in [6.07, 6.45) is 4.39. The number of aromatic nitrogens is 2. The number of rotatable bonds is 0. The smallest absolute Gasteiger partial charge is 0.127 e. The fourth-order valence-corrected chi connectivity index (χ4v) is 1.17. The van der Waals surface area contributed by atoms with Gasteiger partial charge in [-0.1, -0.05) is 6.08 Å². The Balaban J connectivity index is 2.52. The van der Waals surface area contributed by atoms with E-state index in [-0.39, 0.29) is 0 Å². The van der Waals surface area contributed by atoms with E-state index in [0.29, 0.717) is 11.4 Å². The molecule has 1 aromatic rings. The van der Waals surface area contributed by atoms with Crippen LogP contribution in [0.3, 0.4) is 0 Å². The molecule has 0 saturated carbocycles. The molecule has 0 aromatic carbocycles. The Kier molecular flexibility index (Phi) is 1.64. The van der Waals surface area contributed by atoms with Crippen LogP contribution in [0.2, 0.25) is 0 Å². The third-order valence-corrected chi connectivity index (χ3v) is 1.81. The number of hydrogen-bond donors (Lipinski definition) is 2. The van der Waals surface area contributed by atoms with Crippen molar-refractivity contribution in [1.29, 1.82) is 0 Å². The Bertz CT molecular complexity index is 325. The van der Waals surface area contributed by atoms with Crippen LogP contribution in [0.15, 0.2) is 18.5 Å². The Morgan fingerprint density at radius 2 is 1.92 bits per heavy atom. The zero-order chi connectivity index (χ0) is 8.55. The Labute approximate surface area is 69.2 Å². The van der Waals surface area contributed by atoms with Crippen LogP contribution in [0.4, 0.5) is 0 Å². The zero-order valence-corrected chi connectivity index (χ0v) is 6.25. The molecule has 0 spiro atoms. The highest BCUT2D eigenvalue weighted by molar-refractivity contribution is 5.51. The van der Waals surface area contributed by atoms with Crippen molar-refractivity contribution in [2.24, 2.45) is 0 Å². The van der Waals surface area contributed by atoms with E-state index in [4.69, 9.17) is 0 Å². The average molecular weight is 164 g/mol. The van der Waals surface area contributed by atoms with Gasteiger partial charge >= 0.3 is 0 Å². The molecule has 0 saturated heterocycles. The van der Waals surface area contributed by atoms with Crippen LogP contribution in [0, 0.1) is 0 Å². The van der Waals surface area contributed by atoms with Gasteiger partial charge in [-0.15, -0.1) is 0 Å². The summed E-state index contributed by atoms with van der Waals surface area (Å²) in [7, 11) is 0. The summed E-state index contributed by atoms with van der Waals surface area (Å²) in [5, 5.41) is 18.6. The molecule has 1 heterocycles.